The van der Waals surface area contributed by atoms with Crippen LogP contribution >= 0.6 is 0 Å². The van der Waals surface area contributed by atoms with E-state index in [0.29, 0.717) is 24.5 Å². The van der Waals surface area contributed by atoms with Gasteiger partial charge in [0.2, 0.25) is 0 Å². The van der Waals surface area contributed by atoms with Crippen LogP contribution in [0.2, 0.25) is 0 Å². The molecular formula is C13H23N5O. The van der Waals surface area contributed by atoms with Crippen molar-refractivity contribution in [3.63, 3.8) is 0 Å². The van der Waals surface area contributed by atoms with Gasteiger partial charge in [-0.2, -0.15) is 5.10 Å². The Labute approximate surface area is 113 Å². The highest BCUT2D eigenvalue weighted by Gasteiger charge is 2.39. The number of nitrogens with two attached hydrogens (primary N) is 1. The lowest BCUT2D eigenvalue weighted by Gasteiger charge is -2.47. The van der Waals surface area contributed by atoms with Gasteiger partial charge in [0.15, 0.2) is 5.69 Å². The minimum Gasteiger partial charge on any atom is -0.396 e. The molecule has 1 aliphatic carbocycles. The first-order chi connectivity index (χ1) is 8.98. The van der Waals surface area contributed by atoms with Gasteiger partial charge in [0.05, 0.1) is 5.69 Å². The van der Waals surface area contributed by atoms with Crippen LogP contribution in [0.1, 0.15) is 36.7 Å². The number of nitrogens with one attached hydrogen (secondary N) is 1. The van der Waals surface area contributed by atoms with Crippen LogP contribution in [0.15, 0.2) is 6.20 Å². The van der Waals surface area contributed by atoms with Crippen LogP contribution in [-0.4, -0.2) is 46.8 Å². The number of hydrogen-bond donors (Lipinski definition) is 2. The Morgan fingerprint density at radius 3 is 2.68 bits per heavy atom. The monoisotopic (exact) mass is 265 g/mol. The maximum atomic E-state index is 12.1. The van der Waals surface area contributed by atoms with E-state index in [1.54, 1.807) is 10.9 Å². The molecule has 19 heavy (non-hydrogen) atoms. The van der Waals surface area contributed by atoms with Gasteiger partial charge in [-0.05, 0) is 40.3 Å². The predicted molar refractivity (Wildman–Crippen MR) is 74.9 cm³/mol. The molecule has 0 saturated heterocycles. The van der Waals surface area contributed by atoms with E-state index < -0.39 is 0 Å². The number of nitrogen functional groups attached to an aromatic ring is 1. The Kier molecular flexibility index (Phi) is 3.80. The molecule has 0 aliphatic heterocycles. The normalized spacial score (nSPS) is 17.3. The van der Waals surface area contributed by atoms with Crippen LogP contribution in [0.25, 0.3) is 0 Å². The summed E-state index contributed by atoms with van der Waals surface area (Å²) in [6, 6.07) is 0. The summed E-state index contributed by atoms with van der Waals surface area (Å²) in [4.78, 5) is 14.3. The average Bonchev–Trinajstić information content (AvgIpc) is 2.68. The molecule has 0 atom stereocenters. The van der Waals surface area contributed by atoms with Crippen molar-refractivity contribution < 1.29 is 4.79 Å². The summed E-state index contributed by atoms with van der Waals surface area (Å²) in [6.07, 6.45) is 5.17. The highest BCUT2D eigenvalue weighted by Crippen LogP contribution is 2.35. The predicted octanol–water partition coefficient (Wildman–Crippen LogP) is 0.699. The van der Waals surface area contributed by atoms with Crippen LogP contribution in [0.4, 0.5) is 5.69 Å². The fourth-order valence-corrected chi connectivity index (χ4v) is 2.47. The van der Waals surface area contributed by atoms with Gasteiger partial charge in [-0.15, -0.1) is 0 Å². The van der Waals surface area contributed by atoms with Gasteiger partial charge in [-0.25, -0.2) is 0 Å². The molecule has 6 heteroatoms. The van der Waals surface area contributed by atoms with Gasteiger partial charge in [0.25, 0.3) is 5.91 Å². The first-order valence-corrected chi connectivity index (χ1v) is 6.77. The molecular weight excluding hydrogens is 242 g/mol. The van der Waals surface area contributed by atoms with Gasteiger partial charge < -0.3 is 16.0 Å². The maximum absolute atomic E-state index is 12.1. The molecule has 0 aromatic carbocycles. The molecule has 1 amide bonds. The third-order valence-electron chi connectivity index (χ3n) is 4.14. The highest BCUT2D eigenvalue weighted by atomic mass is 16.2. The molecule has 1 aromatic heterocycles. The molecule has 0 spiro atoms. The molecule has 0 bridgehead atoms. The van der Waals surface area contributed by atoms with Crippen molar-refractivity contribution in [3.05, 3.63) is 11.9 Å². The van der Waals surface area contributed by atoms with Crippen LogP contribution in [-0.2, 0) is 6.54 Å². The fraction of sp³-hybridized carbons (Fsp3) is 0.692. The smallest absolute Gasteiger partial charge is 0.274 e. The minimum atomic E-state index is -0.183. The lowest BCUT2D eigenvalue weighted by Crippen LogP contribution is -2.57. The lowest BCUT2D eigenvalue weighted by atomic mass is 9.75. The average molecular weight is 265 g/mol. The zero-order chi connectivity index (χ0) is 14.0. The molecule has 3 N–H and O–H groups in total. The molecule has 106 valence electrons. The molecule has 1 aromatic rings. The largest absolute Gasteiger partial charge is 0.396 e. The summed E-state index contributed by atoms with van der Waals surface area (Å²) < 4.78 is 1.68. The fourth-order valence-electron chi connectivity index (χ4n) is 2.47. The number of rotatable bonds is 5. The second kappa shape index (κ2) is 5.21. The number of aryl methyl sites for hydroxylation is 1. The number of amides is 1. The van der Waals surface area contributed by atoms with Crippen LogP contribution in [0.3, 0.4) is 0 Å². The second-order valence-electron chi connectivity index (χ2n) is 5.44. The number of carbonyl (C=O) groups excluding carboxylic acids is 1. The Bertz CT molecular complexity index is 462. The first-order valence-electron chi connectivity index (χ1n) is 6.77. The van der Waals surface area contributed by atoms with E-state index in [9.17, 15) is 4.79 Å². The van der Waals surface area contributed by atoms with Crippen molar-refractivity contribution >= 4 is 11.6 Å². The van der Waals surface area contributed by atoms with E-state index in [4.69, 9.17) is 5.73 Å². The minimum absolute atomic E-state index is 0.109. The SMILES string of the molecule is CCn1cc(N)c(C(=O)NCC2(N(C)C)CCC2)n1. The number of carbonyl (C=O) groups is 1. The summed E-state index contributed by atoms with van der Waals surface area (Å²) >= 11 is 0. The third-order valence-corrected chi connectivity index (χ3v) is 4.14. The van der Waals surface area contributed by atoms with Crippen LogP contribution < -0.4 is 11.1 Å². The van der Waals surface area contributed by atoms with Crippen molar-refractivity contribution in [2.45, 2.75) is 38.3 Å². The Hall–Kier alpha value is -1.56. The summed E-state index contributed by atoms with van der Waals surface area (Å²) in [5, 5.41) is 7.15. The summed E-state index contributed by atoms with van der Waals surface area (Å²) in [7, 11) is 4.12. The van der Waals surface area contributed by atoms with E-state index in [1.165, 1.54) is 6.42 Å². The molecule has 0 radical (unpaired) electrons. The van der Waals surface area contributed by atoms with Crippen molar-refractivity contribution in [1.29, 1.82) is 0 Å². The molecule has 1 fully saturated rings. The number of aromatic nitrogens is 2. The van der Waals surface area contributed by atoms with E-state index in [-0.39, 0.29) is 11.4 Å². The van der Waals surface area contributed by atoms with Gasteiger partial charge in [0.1, 0.15) is 0 Å². The zero-order valence-electron chi connectivity index (χ0n) is 11.9. The lowest BCUT2D eigenvalue weighted by molar-refractivity contribution is 0.0556. The second-order valence-corrected chi connectivity index (χ2v) is 5.44. The summed E-state index contributed by atoms with van der Waals surface area (Å²) in [6.45, 7) is 3.32. The van der Waals surface area contributed by atoms with Crippen molar-refractivity contribution in [2.75, 3.05) is 26.4 Å². The van der Waals surface area contributed by atoms with E-state index in [2.05, 4.69) is 29.4 Å². The van der Waals surface area contributed by atoms with Gasteiger partial charge in [0, 0.05) is 24.8 Å². The molecule has 2 rings (SSSR count). The quantitative estimate of drug-likeness (QED) is 0.821. The Morgan fingerprint density at radius 1 is 1.58 bits per heavy atom. The third kappa shape index (κ3) is 2.58. The van der Waals surface area contributed by atoms with Gasteiger partial charge >= 0.3 is 0 Å². The number of nitrogens with zero attached hydrogens (tertiary/aromatic N) is 3. The molecule has 1 aliphatic rings. The maximum Gasteiger partial charge on any atom is 0.274 e. The van der Waals surface area contributed by atoms with E-state index >= 15 is 0 Å². The highest BCUT2D eigenvalue weighted by molar-refractivity contribution is 5.97. The number of likely N-dealkylation sites (N-methyl/N-ethyl adjacent to an activating group) is 1. The summed E-state index contributed by atoms with van der Waals surface area (Å²) in [5.41, 5.74) is 6.68. The van der Waals surface area contributed by atoms with Crippen LogP contribution in [0.5, 0.6) is 0 Å². The van der Waals surface area contributed by atoms with Gasteiger partial charge in [-0.3, -0.25) is 9.48 Å². The molecule has 6 nitrogen and oxygen atoms in total. The Balaban J connectivity index is 1.99. The first kappa shape index (κ1) is 13.9. The summed E-state index contributed by atoms with van der Waals surface area (Å²) in [5.74, 6) is -0.183. The number of hydrogen-bond acceptors (Lipinski definition) is 4. The van der Waals surface area contributed by atoms with Crippen molar-refractivity contribution in [2.24, 2.45) is 0 Å². The Morgan fingerprint density at radius 2 is 2.26 bits per heavy atom. The molecule has 1 heterocycles. The molecule has 0 unspecified atom stereocenters. The van der Waals surface area contributed by atoms with Crippen molar-refractivity contribution in [1.82, 2.24) is 20.0 Å². The van der Waals surface area contributed by atoms with E-state index in [0.717, 1.165) is 12.8 Å². The van der Waals surface area contributed by atoms with Gasteiger partial charge in [-0.1, -0.05) is 0 Å². The van der Waals surface area contributed by atoms with Crippen LogP contribution in [0, 0.1) is 0 Å². The number of anilines is 1. The standard InChI is InChI=1S/C13H23N5O/c1-4-18-8-10(14)11(16-18)12(19)15-9-13(17(2)3)6-5-7-13/h8H,4-7,9,14H2,1-3H3,(H,15,19). The molecule has 1 saturated carbocycles. The zero-order valence-corrected chi connectivity index (χ0v) is 11.9. The van der Waals surface area contributed by atoms with Crippen molar-refractivity contribution in [3.8, 4) is 0 Å². The topological polar surface area (TPSA) is 76.2 Å². The van der Waals surface area contributed by atoms with E-state index in [1.807, 2.05) is 6.92 Å².